The minimum absolute atomic E-state index is 0.558. The van der Waals surface area contributed by atoms with E-state index in [-0.39, 0.29) is 0 Å². The van der Waals surface area contributed by atoms with E-state index >= 15 is 0 Å². The molecule has 0 amide bonds. The second-order valence-corrected chi connectivity index (χ2v) is 6.74. The quantitative estimate of drug-likeness (QED) is 0.623. The lowest BCUT2D eigenvalue weighted by molar-refractivity contribution is -0.134. The van der Waals surface area contributed by atoms with Crippen molar-refractivity contribution in [2.45, 2.75) is 25.9 Å². The van der Waals surface area contributed by atoms with Gasteiger partial charge in [0.25, 0.3) is 0 Å². The van der Waals surface area contributed by atoms with E-state index in [0.29, 0.717) is 18.2 Å². The Kier molecular flexibility index (Phi) is 9.08. The van der Waals surface area contributed by atoms with Crippen molar-refractivity contribution in [3.05, 3.63) is 72.3 Å². The molecule has 0 unspecified atom stereocenters. The Morgan fingerprint density at radius 3 is 2.21 bits per heavy atom. The molecule has 0 radical (unpaired) electrons. The highest BCUT2D eigenvalue weighted by molar-refractivity contribution is 5.89. The average Bonchev–Trinajstić information content (AvgIpc) is 3.26. The minimum atomic E-state index is -1.26. The monoisotopic (exact) mass is 396 g/mol. The lowest BCUT2D eigenvalue weighted by Crippen LogP contribution is -2.36. The van der Waals surface area contributed by atoms with Gasteiger partial charge < -0.3 is 15.5 Å². The lowest BCUT2D eigenvalue weighted by atomic mass is 9.99. The van der Waals surface area contributed by atoms with Gasteiger partial charge in [-0.3, -0.25) is 4.90 Å². The van der Waals surface area contributed by atoms with Gasteiger partial charge in [-0.1, -0.05) is 61.5 Å². The Bertz CT molecular complexity index is 799. The highest BCUT2D eigenvalue weighted by Gasteiger charge is 2.21. The SMILES string of the molecule is CCN(Cc1ccccc1-c1ccccc1)[C@H]1CCNC1.O=C(O)/C=C/C(=O)O. The van der Waals surface area contributed by atoms with E-state index in [1.807, 2.05) is 0 Å². The zero-order valence-corrected chi connectivity index (χ0v) is 16.6. The molecule has 0 bridgehead atoms. The first-order chi connectivity index (χ1) is 14.0. The van der Waals surface area contributed by atoms with Crippen LogP contribution in [0.5, 0.6) is 0 Å². The van der Waals surface area contributed by atoms with Gasteiger partial charge in [0.15, 0.2) is 0 Å². The maximum Gasteiger partial charge on any atom is 0.328 e. The van der Waals surface area contributed by atoms with Crippen LogP contribution in [0.3, 0.4) is 0 Å². The average molecular weight is 396 g/mol. The van der Waals surface area contributed by atoms with Gasteiger partial charge in [0.1, 0.15) is 0 Å². The van der Waals surface area contributed by atoms with Gasteiger partial charge in [-0.15, -0.1) is 0 Å². The molecule has 29 heavy (non-hydrogen) atoms. The van der Waals surface area contributed by atoms with Gasteiger partial charge in [0, 0.05) is 31.3 Å². The summed E-state index contributed by atoms with van der Waals surface area (Å²) in [6.07, 6.45) is 2.38. The third kappa shape index (κ3) is 7.52. The fourth-order valence-electron chi connectivity index (χ4n) is 3.37. The summed E-state index contributed by atoms with van der Waals surface area (Å²) in [6.45, 7) is 6.69. The van der Waals surface area contributed by atoms with Crippen molar-refractivity contribution in [2.75, 3.05) is 19.6 Å². The number of hydrogen-bond acceptors (Lipinski definition) is 4. The van der Waals surface area contributed by atoms with Gasteiger partial charge >= 0.3 is 11.9 Å². The summed E-state index contributed by atoms with van der Waals surface area (Å²) in [6, 6.07) is 20.2. The molecular formula is C23H28N2O4. The van der Waals surface area contributed by atoms with Crippen LogP contribution in [0.15, 0.2) is 66.7 Å². The summed E-state index contributed by atoms with van der Waals surface area (Å²) in [7, 11) is 0. The van der Waals surface area contributed by atoms with Gasteiger partial charge in [0.2, 0.25) is 0 Å². The minimum Gasteiger partial charge on any atom is -0.478 e. The number of carboxylic acids is 2. The molecule has 6 nitrogen and oxygen atoms in total. The number of likely N-dealkylation sites (N-methyl/N-ethyl adjacent to an activating group) is 1. The van der Waals surface area contributed by atoms with E-state index in [1.54, 1.807) is 0 Å². The van der Waals surface area contributed by atoms with Crippen molar-refractivity contribution in [2.24, 2.45) is 0 Å². The molecule has 3 rings (SSSR count). The molecule has 154 valence electrons. The van der Waals surface area contributed by atoms with Gasteiger partial charge in [-0.25, -0.2) is 9.59 Å². The van der Waals surface area contributed by atoms with E-state index in [0.717, 1.165) is 26.2 Å². The van der Waals surface area contributed by atoms with Crippen LogP contribution >= 0.6 is 0 Å². The van der Waals surface area contributed by atoms with E-state index in [2.05, 4.69) is 71.7 Å². The standard InChI is InChI=1S/C19H24N2.C4H4O4/c1-2-21(18-12-13-20-14-18)15-17-10-6-7-11-19(17)16-8-4-3-5-9-16;5-3(6)1-2-4(7)8/h3-11,18,20H,2,12-15H2,1H3;1-2H,(H,5,6)(H,7,8)/b;2-1+/t18-;/m0./s1. The first-order valence-corrected chi connectivity index (χ1v) is 9.73. The molecular weight excluding hydrogens is 368 g/mol. The predicted molar refractivity (Wildman–Crippen MR) is 114 cm³/mol. The number of nitrogens with one attached hydrogen (secondary N) is 1. The molecule has 3 N–H and O–H groups in total. The van der Waals surface area contributed by atoms with Gasteiger partial charge in [-0.2, -0.15) is 0 Å². The van der Waals surface area contributed by atoms with Crippen molar-refractivity contribution in [1.82, 2.24) is 10.2 Å². The molecule has 1 atom stereocenters. The van der Waals surface area contributed by atoms with Crippen molar-refractivity contribution in [1.29, 1.82) is 0 Å². The number of rotatable bonds is 7. The lowest BCUT2D eigenvalue weighted by Gasteiger charge is -2.28. The van der Waals surface area contributed by atoms with Gasteiger partial charge in [-0.05, 0) is 36.2 Å². The van der Waals surface area contributed by atoms with Crippen LogP contribution in [0.25, 0.3) is 11.1 Å². The zero-order valence-electron chi connectivity index (χ0n) is 16.6. The molecule has 0 aliphatic carbocycles. The van der Waals surface area contributed by atoms with Crippen LogP contribution in [-0.4, -0.2) is 52.7 Å². The first-order valence-electron chi connectivity index (χ1n) is 9.73. The predicted octanol–water partition coefficient (Wildman–Crippen LogP) is 3.25. The molecule has 1 heterocycles. The number of carboxylic acid groups (broad SMARTS) is 2. The number of hydrogen-bond donors (Lipinski definition) is 3. The van der Waals surface area contributed by atoms with Crippen molar-refractivity contribution >= 4 is 11.9 Å². The summed E-state index contributed by atoms with van der Waals surface area (Å²) in [4.78, 5) is 21.7. The Hall–Kier alpha value is -2.96. The fourth-order valence-corrected chi connectivity index (χ4v) is 3.37. The zero-order chi connectivity index (χ0) is 21.1. The van der Waals surface area contributed by atoms with Crippen molar-refractivity contribution in [3.63, 3.8) is 0 Å². The molecule has 0 saturated carbocycles. The molecule has 2 aromatic rings. The number of nitrogens with zero attached hydrogens (tertiary/aromatic N) is 1. The van der Waals surface area contributed by atoms with E-state index < -0.39 is 11.9 Å². The highest BCUT2D eigenvalue weighted by Crippen LogP contribution is 2.25. The van der Waals surface area contributed by atoms with Crippen LogP contribution in [0, 0.1) is 0 Å². The normalized spacial score (nSPS) is 15.9. The highest BCUT2D eigenvalue weighted by atomic mass is 16.4. The fraction of sp³-hybridized carbons (Fsp3) is 0.304. The summed E-state index contributed by atoms with van der Waals surface area (Å²) >= 11 is 0. The Morgan fingerprint density at radius 1 is 1.03 bits per heavy atom. The van der Waals surface area contributed by atoms with Crippen molar-refractivity contribution in [3.8, 4) is 11.1 Å². The Balaban J connectivity index is 0.000000321. The van der Waals surface area contributed by atoms with Crippen LogP contribution < -0.4 is 5.32 Å². The van der Waals surface area contributed by atoms with Crippen LogP contribution in [-0.2, 0) is 16.1 Å². The first kappa shape index (κ1) is 22.3. The summed E-state index contributed by atoms with van der Waals surface area (Å²) in [5, 5.41) is 19.1. The van der Waals surface area contributed by atoms with Crippen LogP contribution in [0.4, 0.5) is 0 Å². The second kappa shape index (κ2) is 11.8. The molecule has 1 saturated heterocycles. The van der Waals surface area contributed by atoms with E-state index in [9.17, 15) is 9.59 Å². The largest absolute Gasteiger partial charge is 0.478 e. The van der Waals surface area contributed by atoms with E-state index in [4.69, 9.17) is 10.2 Å². The molecule has 0 aromatic heterocycles. The number of aliphatic carboxylic acids is 2. The van der Waals surface area contributed by atoms with Crippen molar-refractivity contribution < 1.29 is 19.8 Å². The Morgan fingerprint density at radius 2 is 1.66 bits per heavy atom. The van der Waals surface area contributed by atoms with Crippen LogP contribution in [0.1, 0.15) is 18.9 Å². The van der Waals surface area contributed by atoms with Crippen LogP contribution in [0.2, 0.25) is 0 Å². The summed E-state index contributed by atoms with van der Waals surface area (Å²) < 4.78 is 0. The molecule has 6 heteroatoms. The summed E-state index contributed by atoms with van der Waals surface area (Å²) in [5.74, 6) is -2.51. The molecule has 0 spiro atoms. The molecule has 1 aliphatic rings. The van der Waals surface area contributed by atoms with Gasteiger partial charge in [0.05, 0.1) is 0 Å². The third-order valence-corrected chi connectivity index (χ3v) is 4.80. The maximum absolute atomic E-state index is 9.55. The topological polar surface area (TPSA) is 89.9 Å². The molecule has 1 fully saturated rings. The maximum atomic E-state index is 9.55. The molecule has 1 aliphatic heterocycles. The smallest absolute Gasteiger partial charge is 0.328 e. The molecule has 2 aromatic carbocycles. The van der Waals surface area contributed by atoms with E-state index in [1.165, 1.54) is 23.1 Å². The number of carbonyl (C=O) groups is 2. The summed E-state index contributed by atoms with van der Waals surface area (Å²) in [5.41, 5.74) is 4.11. The Labute approximate surface area is 171 Å². The third-order valence-electron chi connectivity index (χ3n) is 4.80. The second-order valence-electron chi connectivity index (χ2n) is 6.74. The number of benzene rings is 2.